The minimum Gasteiger partial charge on any atom is -0.378 e. The van der Waals surface area contributed by atoms with Gasteiger partial charge in [-0.05, 0) is 43.9 Å². The lowest BCUT2D eigenvalue weighted by Crippen LogP contribution is -2.65. The van der Waals surface area contributed by atoms with Gasteiger partial charge in [-0.25, -0.2) is 9.67 Å². The van der Waals surface area contributed by atoms with Gasteiger partial charge in [0, 0.05) is 31.7 Å². The summed E-state index contributed by atoms with van der Waals surface area (Å²) in [7, 11) is 1.82. The molecule has 0 saturated heterocycles. The zero-order chi connectivity index (χ0) is 20.0. The maximum atomic E-state index is 5.98. The molecule has 3 rings (SSSR count). The van der Waals surface area contributed by atoms with E-state index in [0.29, 0.717) is 18.7 Å². The van der Waals surface area contributed by atoms with Gasteiger partial charge in [0.1, 0.15) is 12.7 Å². The predicted octanol–water partition coefficient (Wildman–Crippen LogP) is 2.92. The van der Waals surface area contributed by atoms with Crippen molar-refractivity contribution in [2.24, 2.45) is 10.4 Å². The van der Waals surface area contributed by atoms with Crippen LogP contribution in [0.15, 0.2) is 41.9 Å². The lowest BCUT2D eigenvalue weighted by atomic mass is 9.58. The van der Waals surface area contributed by atoms with Crippen molar-refractivity contribution in [1.82, 2.24) is 25.4 Å². The number of hydrogen-bond donors (Lipinski definition) is 2. The fraction of sp³-hybridized carbons (Fsp3) is 0.571. The molecule has 7 heteroatoms. The van der Waals surface area contributed by atoms with Gasteiger partial charge in [0.05, 0.1) is 11.8 Å². The topological polar surface area (TPSA) is 76.4 Å². The van der Waals surface area contributed by atoms with E-state index >= 15 is 0 Å². The van der Waals surface area contributed by atoms with Crippen molar-refractivity contribution in [2.45, 2.75) is 58.7 Å². The second-order valence-electron chi connectivity index (χ2n) is 7.25. The second-order valence-corrected chi connectivity index (χ2v) is 7.25. The largest absolute Gasteiger partial charge is 0.378 e. The SMILES string of the molecule is CCOC1CC(NC(=NC)NCc2ccc(-n3cncn3)cc2)C1(CC)CC. The highest BCUT2D eigenvalue weighted by Gasteiger charge is 2.53. The number of ether oxygens (including phenoxy) is 1. The predicted molar refractivity (Wildman–Crippen MR) is 112 cm³/mol. The van der Waals surface area contributed by atoms with Crippen molar-refractivity contribution < 1.29 is 4.74 Å². The van der Waals surface area contributed by atoms with Gasteiger partial charge in [-0.2, -0.15) is 5.10 Å². The number of aliphatic imine (C=N–C) groups is 1. The molecular formula is C21H32N6O. The minimum absolute atomic E-state index is 0.188. The number of aromatic nitrogens is 3. The van der Waals surface area contributed by atoms with Crippen molar-refractivity contribution >= 4 is 5.96 Å². The summed E-state index contributed by atoms with van der Waals surface area (Å²) < 4.78 is 7.73. The normalized spacial score (nSPS) is 21.2. The van der Waals surface area contributed by atoms with Crippen LogP contribution in [0.4, 0.5) is 0 Å². The molecule has 2 N–H and O–H groups in total. The molecule has 2 aromatic rings. The third-order valence-electron chi connectivity index (χ3n) is 6.08. The van der Waals surface area contributed by atoms with Crippen LogP contribution in [0.25, 0.3) is 5.69 Å². The van der Waals surface area contributed by atoms with Gasteiger partial charge in [-0.3, -0.25) is 4.99 Å². The first kappa shape index (κ1) is 20.3. The Morgan fingerprint density at radius 3 is 2.57 bits per heavy atom. The van der Waals surface area contributed by atoms with E-state index in [2.05, 4.69) is 58.6 Å². The third kappa shape index (κ3) is 4.04. The molecule has 1 aliphatic rings. The Hall–Kier alpha value is -2.41. The first-order valence-corrected chi connectivity index (χ1v) is 10.2. The number of hydrogen-bond acceptors (Lipinski definition) is 4. The van der Waals surface area contributed by atoms with E-state index in [1.165, 1.54) is 11.9 Å². The molecule has 0 radical (unpaired) electrons. The van der Waals surface area contributed by atoms with Gasteiger partial charge in [0.15, 0.2) is 5.96 Å². The molecule has 7 nitrogen and oxygen atoms in total. The van der Waals surface area contributed by atoms with E-state index in [1.807, 2.05) is 19.2 Å². The lowest BCUT2D eigenvalue weighted by molar-refractivity contribution is -0.133. The van der Waals surface area contributed by atoms with E-state index < -0.39 is 0 Å². The first-order valence-electron chi connectivity index (χ1n) is 10.2. The highest BCUT2D eigenvalue weighted by atomic mass is 16.5. The Kier molecular flexibility index (Phi) is 6.67. The van der Waals surface area contributed by atoms with Crippen LogP contribution in [0.5, 0.6) is 0 Å². The van der Waals surface area contributed by atoms with Gasteiger partial charge in [0.2, 0.25) is 0 Å². The van der Waals surface area contributed by atoms with E-state index in [1.54, 1.807) is 11.0 Å². The number of nitrogens with zero attached hydrogens (tertiary/aromatic N) is 4. The van der Waals surface area contributed by atoms with Crippen LogP contribution in [-0.2, 0) is 11.3 Å². The summed E-state index contributed by atoms with van der Waals surface area (Å²) in [4.78, 5) is 8.40. The summed E-state index contributed by atoms with van der Waals surface area (Å²) in [6.07, 6.45) is 6.81. The van der Waals surface area contributed by atoms with Crippen LogP contribution in [0.1, 0.15) is 45.6 Å². The molecule has 0 spiro atoms. The smallest absolute Gasteiger partial charge is 0.191 e. The Labute approximate surface area is 167 Å². The van der Waals surface area contributed by atoms with Gasteiger partial charge in [0.25, 0.3) is 0 Å². The van der Waals surface area contributed by atoms with Crippen molar-refractivity contribution in [3.05, 3.63) is 42.5 Å². The molecule has 152 valence electrons. The molecule has 1 aliphatic carbocycles. The molecule has 2 atom stereocenters. The average Bonchev–Trinajstić information content (AvgIpc) is 3.26. The van der Waals surface area contributed by atoms with E-state index in [9.17, 15) is 0 Å². The number of benzene rings is 1. The molecule has 1 aromatic carbocycles. The summed E-state index contributed by atoms with van der Waals surface area (Å²) in [5.74, 6) is 0.839. The monoisotopic (exact) mass is 384 g/mol. The quantitative estimate of drug-likeness (QED) is 0.541. The van der Waals surface area contributed by atoms with Crippen LogP contribution in [-0.4, -0.2) is 46.5 Å². The summed E-state index contributed by atoms with van der Waals surface area (Å²) >= 11 is 0. The Morgan fingerprint density at radius 2 is 2.00 bits per heavy atom. The van der Waals surface area contributed by atoms with Gasteiger partial charge >= 0.3 is 0 Å². The second kappa shape index (κ2) is 9.19. The van der Waals surface area contributed by atoms with Crippen molar-refractivity contribution in [3.8, 4) is 5.69 Å². The van der Waals surface area contributed by atoms with Crippen LogP contribution in [0, 0.1) is 5.41 Å². The van der Waals surface area contributed by atoms with Crippen LogP contribution >= 0.6 is 0 Å². The molecule has 1 saturated carbocycles. The van der Waals surface area contributed by atoms with Crippen LogP contribution in [0.3, 0.4) is 0 Å². The molecular weight excluding hydrogens is 352 g/mol. The number of guanidine groups is 1. The van der Waals surface area contributed by atoms with Crippen LogP contribution in [0.2, 0.25) is 0 Å². The van der Waals surface area contributed by atoms with Crippen molar-refractivity contribution in [2.75, 3.05) is 13.7 Å². The molecule has 0 bridgehead atoms. The molecule has 1 fully saturated rings. The summed E-state index contributed by atoms with van der Waals surface area (Å²) in [5, 5.41) is 11.2. The van der Waals surface area contributed by atoms with Crippen molar-refractivity contribution in [1.29, 1.82) is 0 Å². The van der Waals surface area contributed by atoms with E-state index in [4.69, 9.17) is 4.74 Å². The summed E-state index contributed by atoms with van der Waals surface area (Å²) in [6, 6.07) is 8.65. The van der Waals surface area contributed by atoms with E-state index in [0.717, 1.165) is 37.5 Å². The zero-order valence-corrected chi connectivity index (χ0v) is 17.4. The Bertz CT molecular complexity index is 752. The van der Waals surface area contributed by atoms with Crippen molar-refractivity contribution in [3.63, 3.8) is 0 Å². The number of rotatable bonds is 8. The minimum atomic E-state index is 0.188. The first-order chi connectivity index (χ1) is 13.7. The zero-order valence-electron chi connectivity index (χ0n) is 17.4. The number of nitrogens with one attached hydrogen (secondary N) is 2. The van der Waals surface area contributed by atoms with E-state index in [-0.39, 0.29) is 5.41 Å². The maximum absolute atomic E-state index is 5.98. The van der Waals surface area contributed by atoms with Gasteiger partial charge < -0.3 is 15.4 Å². The Morgan fingerprint density at radius 1 is 1.25 bits per heavy atom. The molecule has 1 heterocycles. The fourth-order valence-corrected chi connectivity index (χ4v) is 4.24. The molecule has 2 unspecified atom stereocenters. The fourth-order valence-electron chi connectivity index (χ4n) is 4.24. The molecule has 1 aromatic heterocycles. The molecule has 0 amide bonds. The summed E-state index contributed by atoms with van der Waals surface area (Å²) in [6.45, 7) is 8.08. The summed E-state index contributed by atoms with van der Waals surface area (Å²) in [5.41, 5.74) is 2.37. The molecule has 0 aliphatic heterocycles. The van der Waals surface area contributed by atoms with Gasteiger partial charge in [-0.1, -0.05) is 26.0 Å². The maximum Gasteiger partial charge on any atom is 0.191 e. The molecule has 28 heavy (non-hydrogen) atoms. The Balaban J connectivity index is 1.56. The van der Waals surface area contributed by atoms with Gasteiger partial charge in [-0.15, -0.1) is 0 Å². The average molecular weight is 385 g/mol. The lowest BCUT2D eigenvalue weighted by Gasteiger charge is -2.55. The highest BCUT2D eigenvalue weighted by Crippen LogP contribution is 2.48. The van der Waals surface area contributed by atoms with Crippen LogP contribution < -0.4 is 10.6 Å². The standard InChI is InChI=1S/C21H32N6O/c1-5-21(6-2)18(12-19(21)28-7-3)26-20(22-4)24-13-16-8-10-17(11-9-16)27-15-23-14-25-27/h8-11,14-15,18-19H,5-7,12-13H2,1-4H3,(H2,22,24,26). The third-order valence-corrected chi connectivity index (χ3v) is 6.08. The highest BCUT2D eigenvalue weighted by molar-refractivity contribution is 5.80.